The third kappa shape index (κ3) is 3.73. The number of non-ortho nitro benzene ring substituents is 1. The van der Waals surface area contributed by atoms with Crippen LogP contribution in [0, 0.1) is 39.7 Å². The monoisotopic (exact) mass is 454 g/mol. The van der Waals surface area contributed by atoms with Gasteiger partial charge in [-0.1, -0.05) is 12.1 Å². The van der Waals surface area contributed by atoms with Gasteiger partial charge in [0.05, 0.1) is 22.7 Å². The maximum absolute atomic E-state index is 13.0. The van der Waals surface area contributed by atoms with Crippen LogP contribution >= 0.6 is 0 Å². The lowest BCUT2D eigenvalue weighted by atomic mass is 9.81. The molecule has 2 amide bonds. The Kier molecular flexibility index (Phi) is 5.50. The van der Waals surface area contributed by atoms with E-state index in [-0.39, 0.29) is 46.9 Å². The summed E-state index contributed by atoms with van der Waals surface area (Å²) in [7, 11) is 0. The molecule has 1 aromatic carbocycles. The van der Waals surface area contributed by atoms with Crippen molar-refractivity contribution in [2.75, 3.05) is 6.61 Å². The van der Waals surface area contributed by atoms with E-state index >= 15 is 0 Å². The van der Waals surface area contributed by atoms with Gasteiger partial charge < -0.3 is 4.74 Å². The SMILES string of the molecule is O=C(COC(=O)C1CCC(N2C(=O)[C@@H]3[C@H]4CC[C@@H](C4)[C@@H]3C2=O)CC1)c1cccc([N+](=O)[O-])c1. The number of hydrogen-bond acceptors (Lipinski definition) is 7. The van der Waals surface area contributed by atoms with Crippen molar-refractivity contribution in [2.45, 2.75) is 51.0 Å². The van der Waals surface area contributed by atoms with Gasteiger partial charge in [0, 0.05) is 23.7 Å². The molecule has 0 aromatic heterocycles. The van der Waals surface area contributed by atoms with Gasteiger partial charge in [0.2, 0.25) is 17.6 Å². The highest BCUT2D eigenvalue weighted by molar-refractivity contribution is 6.06. The molecule has 0 N–H and O–H groups in total. The Hall–Kier alpha value is -3.10. The molecule has 0 radical (unpaired) electrons. The maximum Gasteiger partial charge on any atom is 0.309 e. The maximum atomic E-state index is 13.0. The van der Waals surface area contributed by atoms with Crippen LogP contribution in [0.15, 0.2) is 24.3 Å². The van der Waals surface area contributed by atoms with Gasteiger partial charge >= 0.3 is 5.97 Å². The molecule has 174 valence electrons. The minimum absolute atomic E-state index is 0.00854. The van der Waals surface area contributed by atoms with Crippen LogP contribution in [0.25, 0.3) is 0 Å². The third-order valence-electron chi connectivity index (χ3n) is 8.08. The lowest BCUT2D eigenvalue weighted by Crippen LogP contribution is -2.44. The number of nitro groups is 1. The van der Waals surface area contributed by atoms with Crippen LogP contribution < -0.4 is 0 Å². The topological polar surface area (TPSA) is 124 Å². The fraction of sp³-hybridized carbons (Fsp3) is 0.583. The number of likely N-dealkylation sites (tertiary alicyclic amines) is 1. The lowest BCUT2D eigenvalue weighted by Gasteiger charge is -2.33. The fourth-order valence-electron chi connectivity index (χ4n) is 6.49. The summed E-state index contributed by atoms with van der Waals surface area (Å²) in [5.41, 5.74) is -0.0834. The molecular formula is C24H26N2O7. The van der Waals surface area contributed by atoms with Crippen LogP contribution in [0.3, 0.4) is 0 Å². The van der Waals surface area contributed by atoms with Crippen LogP contribution in [0.5, 0.6) is 0 Å². The molecule has 9 heteroatoms. The molecule has 2 bridgehead atoms. The highest BCUT2D eigenvalue weighted by atomic mass is 16.6. The quantitative estimate of drug-likeness (QED) is 0.213. The number of carbonyl (C=O) groups excluding carboxylic acids is 4. The number of rotatable bonds is 6. The third-order valence-corrected chi connectivity index (χ3v) is 8.08. The van der Waals surface area contributed by atoms with Gasteiger partial charge in [-0.15, -0.1) is 0 Å². The highest BCUT2D eigenvalue weighted by Crippen LogP contribution is 2.56. The van der Waals surface area contributed by atoms with E-state index in [0.717, 1.165) is 25.3 Å². The van der Waals surface area contributed by atoms with E-state index in [2.05, 4.69) is 0 Å². The van der Waals surface area contributed by atoms with Gasteiger partial charge in [0.15, 0.2) is 6.61 Å². The minimum atomic E-state index is -0.588. The first kappa shape index (κ1) is 21.7. The normalized spacial score (nSPS) is 32.7. The molecule has 0 unspecified atom stereocenters. The molecule has 1 heterocycles. The summed E-state index contributed by atoms with van der Waals surface area (Å²) in [5, 5.41) is 10.9. The average Bonchev–Trinajstić information content (AvgIpc) is 3.51. The van der Waals surface area contributed by atoms with Crippen molar-refractivity contribution in [2.24, 2.45) is 29.6 Å². The number of benzene rings is 1. The Morgan fingerprint density at radius 2 is 1.64 bits per heavy atom. The van der Waals surface area contributed by atoms with Gasteiger partial charge in [-0.05, 0) is 56.8 Å². The Morgan fingerprint density at radius 1 is 1.00 bits per heavy atom. The van der Waals surface area contributed by atoms with Gasteiger partial charge in [0.25, 0.3) is 5.69 Å². The second-order valence-electron chi connectivity index (χ2n) is 9.78. The van der Waals surface area contributed by atoms with Crippen molar-refractivity contribution < 1.29 is 28.8 Å². The zero-order chi connectivity index (χ0) is 23.3. The van der Waals surface area contributed by atoms with E-state index in [4.69, 9.17) is 4.74 Å². The van der Waals surface area contributed by atoms with Crippen LogP contribution in [0.2, 0.25) is 0 Å². The fourth-order valence-corrected chi connectivity index (χ4v) is 6.49. The minimum Gasteiger partial charge on any atom is -0.457 e. The number of Topliss-reactive ketones (excluding diaryl/α,β-unsaturated/α-hetero) is 1. The number of carbonyl (C=O) groups is 4. The van der Waals surface area contributed by atoms with Crippen molar-refractivity contribution in [1.29, 1.82) is 0 Å². The van der Waals surface area contributed by atoms with E-state index in [1.165, 1.54) is 23.1 Å². The molecule has 1 aromatic rings. The standard InChI is InChI=1S/C24H26N2O7/c27-19(14-2-1-3-18(11-14)26(31)32)12-33-24(30)13-6-8-17(9-7-13)25-22(28)20-15-4-5-16(10-15)21(20)23(25)29/h1-3,11,13,15-17,20-21H,4-10,12H2/t13?,15-,16-,17?,20-,21+/m0/s1. The number of ether oxygens (including phenoxy) is 1. The molecule has 0 spiro atoms. The number of hydrogen-bond donors (Lipinski definition) is 0. The average molecular weight is 454 g/mol. The second kappa shape index (κ2) is 8.35. The molecule has 4 fully saturated rings. The molecule has 4 aliphatic rings. The zero-order valence-corrected chi connectivity index (χ0v) is 18.2. The first-order valence-electron chi connectivity index (χ1n) is 11.7. The Bertz CT molecular complexity index is 1000. The molecule has 33 heavy (non-hydrogen) atoms. The molecule has 3 aliphatic carbocycles. The summed E-state index contributed by atoms with van der Waals surface area (Å²) in [6.45, 7) is -0.477. The van der Waals surface area contributed by atoms with Crippen LogP contribution in [0.1, 0.15) is 55.3 Å². The Labute approximate surface area is 190 Å². The van der Waals surface area contributed by atoms with Crippen LogP contribution in [-0.4, -0.2) is 46.0 Å². The molecule has 3 saturated carbocycles. The van der Waals surface area contributed by atoms with Gasteiger partial charge in [0.1, 0.15) is 0 Å². The number of amides is 2. The zero-order valence-electron chi connectivity index (χ0n) is 18.2. The number of nitrogens with zero attached hydrogens (tertiary/aromatic N) is 2. The van der Waals surface area contributed by atoms with Crippen LogP contribution in [0.4, 0.5) is 5.69 Å². The lowest BCUT2D eigenvalue weighted by molar-refractivity contribution is -0.384. The molecule has 9 nitrogen and oxygen atoms in total. The summed E-state index contributed by atoms with van der Waals surface area (Å²) in [6, 6.07) is 5.14. The van der Waals surface area contributed by atoms with Crippen molar-refractivity contribution in [3.63, 3.8) is 0 Å². The van der Waals surface area contributed by atoms with Gasteiger partial charge in [-0.25, -0.2) is 0 Å². The van der Waals surface area contributed by atoms with Crippen molar-refractivity contribution >= 4 is 29.3 Å². The van der Waals surface area contributed by atoms with Crippen molar-refractivity contribution in [3.8, 4) is 0 Å². The van der Waals surface area contributed by atoms with E-state index in [9.17, 15) is 29.3 Å². The van der Waals surface area contributed by atoms with Gasteiger partial charge in [-0.2, -0.15) is 0 Å². The first-order valence-corrected chi connectivity index (χ1v) is 11.7. The smallest absolute Gasteiger partial charge is 0.309 e. The largest absolute Gasteiger partial charge is 0.457 e. The van der Waals surface area contributed by atoms with E-state index in [1.54, 1.807) is 0 Å². The molecule has 5 rings (SSSR count). The number of esters is 1. The number of imide groups is 1. The molecule has 4 atom stereocenters. The van der Waals surface area contributed by atoms with E-state index < -0.39 is 23.3 Å². The first-order chi connectivity index (χ1) is 15.8. The van der Waals surface area contributed by atoms with Gasteiger partial charge in [-0.3, -0.25) is 34.2 Å². The number of nitro benzene ring substituents is 1. The summed E-state index contributed by atoms with van der Waals surface area (Å²) in [5.74, 6) is -0.930. The molecule has 1 aliphatic heterocycles. The van der Waals surface area contributed by atoms with Crippen LogP contribution in [-0.2, 0) is 19.1 Å². The number of ketones is 1. The predicted octanol–water partition coefficient (Wildman–Crippen LogP) is 2.91. The summed E-state index contributed by atoms with van der Waals surface area (Å²) >= 11 is 0. The molecular weight excluding hydrogens is 428 g/mol. The Morgan fingerprint density at radius 3 is 2.24 bits per heavy atom. The van der Waals surface area contributed by atoms with Crippen molar-refractivity contribution in [1.82, 2.24) is 4.90 Å². The Balaban J connectivity index is 1.13. The highest BCUT2D eigenvalue weighted by Gasteiger charge is 2.61. The predicted molar refractivity (Wildman–Crippen MR) is 114 cm³/mol. The summed E-state index contributed by atoms with van der Waals surface area (Å²) < 4.78 is 5.19. The van der Waals surface area contributed by atoms with E-state index in [0.29, 0.717) is 37.5 Å². The number of fused-ring (bicyclic) bond motifs is 5. The van der Waals surface area contributed by atoms with Crippen molar-refractivity contribution in [3.05, 3.63) is 39.9 Å². The summed E-state index contributed by atoms with van der Waals surface area (Å²) in [6.07, 6.45) is 5.21. The molecule has 1 saturated heterocycles. The van der Waals surface area contributed by atoms with E-state index in [1.807, 2.05) is 0 Å². The summed E-state index contributed by atoms with van der Waals surface area (Å²) in [4.78, 5) is 62.6. The second-order valence-corrected chi connectivity index (χ2v) is 9.78.